The Bertz CT molecular complexity index is 446. The summed E-state index contributed by atoms with van der Waals surface area (Å²) >= 11 is 0. The number of carbonyl (C=O) groups is 1. The number of benzene rings is 1. The number of methoxy groups -OCH3 is 1. The standard InChI is InChI=1S/C16H21NO3/c1-3-7-14-10-15(11-17(14)16(18)19-2)20-12-13-8-5-4-6-9-13/h3-6,8-9,14-15H,1,7,10-12H2,2H3/t14-,15+/m0/s1. The Balaban J connectivity index is 1.90. The Kier molecular flexibility index (Phi) is 5.18. The minimum atomic E-state index is -0.289. The van der Waals surface area contributed by atoms with Gasteiger partial charge in [0, 0.05) is 6.04 Å². The van der Waals surface area contributed by atoms with E-state index < -0.39 is 0 Å². The van der Waals surface area contributed by atoms with E-state index >= 15 is 0 Å². The van der Waals surface area contributed by atoms with E-state index in [1.807, 2.05) is 36.4 Å². The van der Waals surface area contributed by atoms with Gasteiger partial charge in [0.15, 0.2) is 0 Å². The first-order valence-corrected chi connectivity index (χ1v) is 6.85. The van der Waals surface area contributed by atoms with Gasteiger partial charge in [-0.05, 0) is 18.4 Å². The van der Waals surface area contributed by atoms with Crippen LogP contribution >= 0.6 is 0 Å². The van der Waals surface area contributed by atoms with Gasteiger partial charge < -0.3 is 14.4 Å². The molecule has 1 aliphatic rings. The molecule has 0 aliphatic carbocycles. The molecule has 1 saturated heterocycles. The molecule has 0 aromatic heterocycles. The smallest absolute Gasteiger partial charge is 0.409 e. The van der Waals surface area contributed by atoms with Gasteiger partial charge in [-0.15, -0.1) is 6.58 Å². The maximum atomic E-state index is 11.7. The third-order valence-corrected chi connectivity index (χ3v) is 3.55. The Labute approximate surface area is 120 Å². The summed E-state index contributed by atoms with van der Waals surface area (Å²) in [7, 11) is 1.41. The van der Waals surface area contributed by atoms with Crippen molar-refractivity contribution in [2.45, 2.75) is 31.6 Å². The van der Waals surface area contributed by atoms with Crippen molar-refractivity contribution < 1.29 is 14.3 Å². The third kappa shape index (κ3) is 3.61. The summed E-state index contributed by atoms with van der Waals surface area (Å²) in [5.41, 5.74) is 1.14. The first-order valence-electron chi connectivity index (χ1n) is 6.85. The van der Waals surface area contributed by atoms with Gasteiger partial charge in [-0.3, -0.25) is 0 Å². The molecule has 1 amide bonds. The highest BCUT2D eigenvalue weighted by molar-refractivity contribution is 5.68. The molecule has 2 atom stereocenters. The average molecular weight is 275 g/mol. The molecule has 1 aromatic rings. The third-order valence-electron chi connectivity index (χ3n) is 3.55. The topological polar surface area (TPSA) is 38.8 Å². The normalized spacial score (nSPS) is 21.8. The minimum Gasteiger partial charge on any atom is -0.453 e. The zero-order valence-corrected chi connectivity index (χ0v) is 11.8. The number of rotatable bonds is 5. The molecule has 0 N–H and O–H groups in total. The van der Waals surface area contributed by atoms with Gasteiger partial charge in [0.05, 0.1) is 26.4 Å². The lowest BCUT2D eigenvalue weighted by atomic mass is 10.1. The van der Waals surface area contributed by atoms with Crippen molar-refractivity contribution in [3.8, 4) is 0 Å². The highest BCUT2D eigenvalue weighted by Gasteiger charge is 2.35. The highest BCUT2D eigenvalue weighted by Crippen LogP contribution is 2.24. The summed E-state index contributed by atoms with van der Waals surface area (Å²) in [6.45, 7) is 4.89. The molecule has 1 aromatic carbocycles. The van der Waals surface area contributed by atoms with Crippen LogP contribution < -0.4 is 0 Å². The molecule has 0 unspecified atom stereocenters. The molecular formula is C16H21NO3. The molecule has 108 valence electrons. The second-order valence-corrected chi connectivity index (χ2v) is 4.95. The highest BCUT2D eigenvalue weighted by atomic mass is 16.5. The fourth-order valence-electron chi connectivity index (χ4n) is 2.54. The van der Waals surface area contributed by atoms with Gasteiger partial charge in [-0.1, -0.05) is 36.4 Å². The fraction of sp³-hybridized carbons (Fsp3) is 0.438. The van der Waals surface area contributed by atoms with Crippen LogP contribution in [0.4, 0.5) is 4.79 Å². The van der Waals surface area contributed by atoms with Gasteiger partial charge in [0.2, 0.25) is 0 Å². The van der Waals surface area contributed by atoms with Crippen LogP contribution in [0.3, 0.4) is 0 Å². The molecule has 2 rings (SSSR count). The van der Waals surface area contributed by atoms with Crippen molar-refractivity contribution in [3.63, 3.8) is 0 Å². The summed E-state index contributed by atoms with van der Waals surface area (Å²) in [6, 6.07) is 10.2. The number of amides is 1. The number of hydrogen-bond acceptors (Lipinski definition) is 3. The predicted octanol–water partition coefficient (Wildman–Crippen LogP) is 2.99. The van der Waals surface area contributed by atoms with E-state index in [9.17, 15) is 4.79 Å². The molecule has 1 fully saturated rings. The molecule has 1 heterocycles. The second kappa shape index (κ2) is 7.10. The van der Waals surface area contributed by atoms with Gasteiger partial charge >= 0.3 is 6.09 Å². The average Bonchev–Trinajstić information content (AvgIpc) is 2.89. The van der Waals surface area contributed by atoms with Crippen LogP contribution in [-0.2, 0) is 16.1 Å². The van der Waals surface area contributed by atoms with Crippen LogP contribution in [0.15, 0.2) is 43.0 Å². The van der Waals surface area contributed by atoms with E-state index in [0.29, 0.717) is 13.2 Å². The first-order chi connectivity index (χ1) is 9.74. The van der Waals surface area contributed by atoms with E-state index in [0.717, 1.165) is 18.4 Å². The molecule has 0 radical (unpaired) electrons. The van der Waals surface area contributed by atoms with Crippen molar-refractivity contribution in [3.05, 3.63) is 48.6 Å². The quantitative estimate of drug-likeness (QED) is 0.775. The van der Waals surface area contributed by atoms with E-state index in [-0.39, 0.29) is 18.2 Å². The summed E-state index contributed by atoms with van der Waals surface area (Å²) in [6.07, 6.45) is 3.19. The van der Waals surface area contributed by atoms with Crippen molar-refractivity contribution in [2.24, 2.45) is 0 Å². The Morgan fingerprint density at radius 3 is 2.85 bits per heavy atom. The maximum Gasteiger partial charge on any atom is 0.409 e. The zero-order chi connectivity index (χ0) is 14.4. The lowest BCUT2D eigenvalue weighted by molar-refractivity contribution is 0.0454. The Hall–Kier alpha value is -1.81. The van der Waals surface area contributed by atoms with Crippen molar-refractivity contribution >= 4 is 6.09 Å². The van der Waals surface area contributed by atoms with E-state index in [2.05, 4.69) is 6.58 Å². The van der Waals surface area contributed by atoms with Gasteiger partial charge in [0.1, 0.15) is 0 Å². The lowest BCUT2D eigenvalue weighted by Gasteiger charge is -2.21. The number of likely N-dealkylation sites (tertiary alicyclic amines) is 1. The minimum absolute atomic E-state index is 0.0549. The zero-order valence-electron chi connectivity index (χ0n) is 11.8. The van der Waals surface area contributed by atoms with Gasteiger partial charge in [-0.25, -0.2) is 4.79 Å². The van der Waals surface area contributed by atoms with E-state index in [4.69, 9.17) is 9.47 Å². The molecule has 20 heavy (non-hydrogen) atoms. The summed E-state index contributed by atoms with van der Waals surface area (Å²) in [5.74, 6) is 0. The molecule has 4 heteroatoms. The van der Waals surface area contributed by atoms with Crippen LogP contribution in [0.25, 0.3) is 0 Å². The lowest BCUT2D eigenvalue weighted by Crippen LogP contribution is -2.35. The predicted molar refractivity (Wildman–Crippen MR) is 77.3 cm³/mol. The number of carbonyl (C=O) groups excluding carboxylic acids is 1. The summed E-state index contributed by atoms with van der Waals surface area (Å²) in [4.78, 5) is 13.5. The SMILES string of the molecule is C=CC[C@H]1C[C@@H](OCc2ccccc2)CN1C(=O)OC. The number of nitrogens with zero attached hydrogens (tertiary/aromatic N) is 1. The van der Waals surface area contributed by atoms with Crippen molar-refractivity contribution in [1.29, 1.82) is 0 Å². The first kappa shape index (κ1) is 14.6. The van der Waals surface area contributed by atoms with E-state index in [1.165, 1.54) is 7.11 Å². The molecule has 0 bridgehead atoms. The van der Waals surface area contributed by atoms with Crippen LogP contribution in [-0.4, -0.2) is 36.8 Å². The van der Waals surface area contributed by atoms with Crippen LogP contribution in [0.5, 0.6) is 0 Å². The van der Waals surface area contributed by atoms with Crippen LogP contribution in [0.2, 0.25) is 0 Å². The van der Waals surface area contributed by atoms with Gasteiger partial charge in [0.25, 0.3) is 0 Å². The Morgan fingerprint density at radius 2 is 2.20 bits per heavy atom. The second-order valence-electron chi connectivity index (χ2n) is 4.95. The summed E-state index contributed by atoms with van der Waals surface area (Å²) in [5, 5.41) is 0. The fourth-order valence-corrected chi connectivity index (χ4v) is 2.54. The molecule has 1 aliphatic heterocycles. The number of hydrogen-bond donors (Lipinski definition) is 0. The molecule has 0 saturated carbocycles. The molecular weight excluding hydrogens is 254 g/mol. The number of ether oxygens (including phenoxy) is 2. The van der Waals surface area contributed by atoms with Crippen LogP contribution in [0, 0.1) is 0 Å². The van der Waals surface area contributed by atoms with Crippen LogP contribution in [0.1, 0.15) is 18.4 Å². The largest absolute Gasteiger partial charge is 0.453 e. The molecule has 4 nitrogen and oxygen atoms in total. The maximum absolute atomic E-state index is 11.7. The monoisotopic (exact) mass is 275 g/mol. The van der Waals surface area contributed by atoms with E-state index in [1.54, 1.807) is 4.90 Å². The summed E-state index contributed by atoms with van der Waals surface area (Å²) < 4.78 is 10.7. The van der Waals surface area contributed by atoms with Gasteiger partial charge in [-0.2, -0.15) is 0 Å². The van der Waals surface area contributed by atoms with Crippen molar-refractivity contribution in [1.82, 2.24) is 4.90 Å². The molecule has 0 spiro atoms. The van der Waals surface area contributed by atoms with Crippen molar-refractivity contribution in [2.75, 3.05) is 13.7 Å². The Morgan fingerprint density at radius 1 is 1.45 bits per heavy atom.